The van der Waals surface area contributed by atoms with E-state index in [2.05, 4.69) is 12.2 Å². The highest BCUT2D eigenvalue weighted by atomic mass is 16.2. The molecule has 7 nitrogen and oxygen atoms in total. The van der Waals surface area contributed by atoms with Gasteiger partial charge in [-0.05, 0) is 25.2 Å². The molecule has 0 saturated carbocycles. The van der Waals surface area contributed by atoms with Crippen LogP contribution in [0, 0.1) is 5.92 Å². The Morgan fingerprint density at radius 1 is 1.25 bits per heavy atom. The van der Waals surface area contributed by atoms with Crippen molar-refractivity contribution in [3.05, 3.63) is 0 Å². The number of nitrogens with zero attached hydrogens (tertiary/aromatic N) is 2. The van der Waals surface area contributed by atoms with Crippen LogP contribution in [-0.2, 0) is 14.4 Å². The van der Waals surface area contributed by atoms with Gasteiger partial charge in [0.05, 0.1) is 12.6 Å². The van der Waals surface area contributed by atoms with E-state index in [1.807, 2.05) is 4.90 Å². The molecule has 2 saturated heterocycles. The summed E-state index contributed by atoms with van der Waals surface area (Å²) < 4.78 is 0. The number of carbonyl (C=O) groups is 3. The van der Waals surface area contributed by atoms with E-state index < -0.39 is 0 Å². The summed E-state index contributed by atoms with van der Waals surface area (Å²) in [4.78, 5) is 39.4. The smallest absolute Gasteiger partial charge is 0.242 e. The molecule has 2 heterocycles. The molecule has 2 aliphatic rings. The first kappa shape index (κ1) is 18.7. The predicted molar refractivity (Wildman–Crippen MR) is 91.0 cm³/mol. The molecule has 0 aromatic heterocycles. The van der Waals surface area contributed by atoms with Crippen LogP contribution in [0.5, 0.6) is 0 Å². The second-order valence-electron chi connectivity index (χ2n) is 6.90. The van der Waals surface area contributed by atoms with Gasteiger partial charge in [-0.2, -0.15) is 0 Å². The minimum absolute atomic E-state index is 0.0111. The molecule has 1 unspecified atom stereocenters. The predicted octanol–water partition coefficient (Wildman–Crippen LogP) is 0.0910. The first-order valence-corrected chi connectivity index (χ1v) is 9.09. The summed E-state index contributed by atoms with van der Waals surface area (Å²) >= 11 is 0. The molecule has 2 fully saturated rings. The third kappa shape index (κ3) is 5.19. The van der Waals surface area contributed by atoms with Crippen molar-refractivity contribution in [2.24, 2.45) is 11.7 Å². The quantitative estimate of drug-likeness (QED) is 0.688. The molecular weight excluding hydrogens is 308 g/mol. The van der Waals surface area contributed by atoms with Crippen LogP contribution in [0.25, 0.3) is 0 Å². The molecular formula is C17H30N4O3. The molecule has 136 valence electrons. The van der Waals surface area contributed by atoms with Crippen molar-refractivity contribution in [1.29, 1.82) is 0 Å². The highest BCUT2D eigenvalue weighted by Crippen LogP contribution is 2.20. The fourth-order valence-corrected chi connectivity index (χ4v) is 3.52. The van der Waals surface area contributed by atoms with Crippen LogP contribution >= 0.6 is 0 Å². The zero-order valence-corrected chi connectivity index (χ0v) is 14.6. The molecule has 3 amide bonds. The van der Waals surface area contributed by atoms with Gasteiger partial charge in [-0.1, -0.05) is 19.8 Å². The molecule has 0 aliphatic carbocycles. The first-order valence-electron chi connectivity index (χ1n) is 9.09. The summed E-state index contributed by atoms with van der Waals surface area (Å²) in [6.45, 7) is 4.91. The van der Waals surface area contributed by atoms with Crippen molar-refractivity contribution in [2.75, 3.05) is 32.7 Å². The fourth-order valence-electron chi connectivity index (χ4n) is 3.52. The maximum Gasteiger partial charge on any atom is 0.242 e. The largest absolute Gasteiger partial charge is 0.370 e. The van der Waals surface area contributed by atoms with Gasteiger partial charge in [-0.3, -0.25) is 14.4 Å². The van der Waals surface area contributed by atoms with Gasteiger partial charge < -0.3 is 20.9 Å². The lowest BCUT2D eigenvalue weighted by atomic mass is 9.93. The summed E-state index contributed by atoms with van der Waals surface area (Å²) in [7, 11) is 0. The third-order valence-corrected chi connectivity index (χ3v) is 5.01. The highest BCUT2D eigenvalue weighted by Gasteiger charge is 2.31. The van der Waals surface area contributed by atoms with E-state index in [0.29, 0.717) is 26.1 Å². The van der Waals surface area contributed by atoms with E-state index in [-0.39, 0.29) is 36.2 Å². The lowest BCUT2D eigenvalue weighted by Gasteiger charge is -2.36. The lowest BCUT2D eigenvalue weighted by molar-refractivity contribution is -0.144. The van der Waals surface area contributed by atoms with Crippen molar-refractivity contribution >= 4 is 17.7 Å². The number of primary amides is 1. The van der Waals surface area contributed by atoms with E-state index in [1.54, 1.807) is 4.90 Å². The van der Waals surface area contributed by atoms with Gasteiger partial charge in [-0.25, -0.2) is 0 Å². The van der Waals surface area contributed by atoms with Gasteiger partial charge in [0.2, 0.25) is 17.7 Å². The first-order chi connectivity index (χ1) is 11.5. The molecule has 0 spiro atoms. The van der Waals surface area contributed by atoms with Crippen LogP contribution in [0.15, 0.2) is 0 Å². The summed E-state index contributed by atoms with van der Waals surface area (Å²) in [6.07, 6.45) is 4.92. The van der Waals surface area contributed by atoms with Crippen molar-refractivity contribution in [2.45, 2.75) is 51.5 Å². The number of hydrogen-bond acceptors (Lipinski definition) is 4. The normalized spacial score (nSPS) is 22.7. The lowest BCUT2D eigenvalue weighted by Crippen LogP contribution is -2.57. The second kappa shape index (κ2) is 9.01. The minimum atomic E-state index is -0.274. The summed E-state index contributed by atoms with van der Waals surface area (Å²) in [5.41, 5.74) is 5.23. The Bertz CT molecular complexity index is 461. The zero-order valence-electron chi connectivity index (χ0n) is 14.6. The van der Waals surface area contributed by atoms with E-state index in [1.165, 1.54) is 0 Å². The van der Waals surface area contributed by atoms with Gasteiger partial charge in [0.15, 0.2) is 0 Å². The van der Waals surface area contributed by atoms with Gasteiger partial charge in [0, 0.05) is 32.6 Å². The molecule has 24 heavy (non-hydrogen) atoms. The van der Waals surface area contributed by atoms with Crippen molar-refractivity contribution in [1.82, 2.24) is 15.1 Å². The molecule has 3 N–H and O–H groups in total. The molecule has 7 heteroatoms. The Labute approximate surface area is 143 Å². The number of amides is 3. The Morgan fingerprint density at radius 2 is 1.96 bits per heavy atom. The van der Waals surface area contributed by atoms with Crippen molar-refractivity contribution < 1.29 is 14.4 Å². The van der Waals surface area contributed by atoms with Crippen LogP contribution in [-0.4, -0.2) is 66.3 Å². The standard InChI is InChI=1S/C17H30N4O3/c1-2-3-4-14-17(24)21(10-7-19-14)12-16(23)20-8-5-13(6-9-20)11-15(18)22/h13-14,19H,2-12H2,1H3,(H2,18,22). The zero-order chi connectivity index (χ0) is 17.5. The molecule has 0 bridgehead atoms. The number of likely N-dealkylation sites (tertiary alicyclic amines) is 1. The van der Waals surface area contributed by atoms with Crippen molar-refractivity contribution in [3.63, 3.8) is 0 Å². The third-order valence-electron chi connectivity index (χ3n) is 5.01. The average Bonchev–Trinajstić information content (AvgIpc) is 2.55. The van der Waals surface area contributed by atoms with E-state index in [4.69, 9.17) is 5.73 Å². The van der Waals surface area contributed by atoms with Crippen LogP contribution < -0.4 is 11.1 Å². The molecule has 2 rings (SSSR count). The van der Waals surface area contributed by atoms with Crippen LogP contribution in [0.2, 0.25) is 0 Å². The Hall–Kier alpha value is -1.63. The summed E-state index contributed by atoms with van der Waals surface area (Å²) in [6, 6.07) is -0.146. The number of piperazine rings is 1. The van der Waals surface area contributed by atoms with Gasteiger partial charge in [0.1, 0.15) is 0 Å². The number of piperidine rings is 1. The Morgan fingerprint density at radius 3 is 2.58 bits per heavy atom. The minimum Gasteiger partial charge on any atom is -0.370 e. The molecule has 2 aliphatic heterocycles. The topological polar surface area (TPSA) is 95.7 Å². The number of nitrogens with one attached hydrogen (secondary N) is 1. The molecule has 0 aromatic carbocycles. The second-order valence-corrected chi connectivity index (χ2v) is 6.90. The van der Waals surface area contributed by atoms with Gasteiger partial charge >= 0.3 is 0 Å². The molecule has 0 aromatic rings. The highest BCUT2D eigenvalue weighted by molar-refractivity contribution is 5.88. The number of carbonyl (C=O) groups excluding carboxylic acids is 3. The Balaban J connectivity index is 1.79. The van der Waals surface area contributed by atoms with Crippen LogP contribution in [0.1, 0.15) is 45.4 Å². The number of hydrogen-bond donors (Lipinski definition) is 2. The number of rotatable bonds is 7. The average molecular weight is 338 g/mol. The Kier molecular flexibility index (Phi) is 7.02. The summed E-state index contributed by atoms with van der Waals surface area (Å²) in [5, 5.41) is 3.25. The van der Waals surface area contributed by atoms with Crippen LogP contribution in [0.4, 0.5) is 0 Å². The number of nitrogens with two attached hydrogens (primary N) is 1. The van der Waals surface area contributed by atoms with E-state index >= 15 is 0 Å². The maximum absolute atomic E-state index is 12.5. The molecule has 1 atom stereocenters. The van der Waals surface area contributed by atoms with Gasteiger partial charge in [0.25, 0.3) is 0 Å². The fraction of sp³-hybridized carbons (Fsp3) is 0.824. The summed E-state index contributed by atoms with van der Waals surface area (Å²) in [5.74, 6) is 0.0683. The SMILES string of the molecule is CCCCC1NCCN(CC(=O)N2CCC(CC(N)=O)CC2)C1=O. The van der Waals surface area contributed by atoms with E-state index in [0.717, 1.165) is 38.6 Å². The number of unbranched alkanes of at least 4 members (excludes halogenated alkanes) is 1. The monoisotopic (exact) mass is 338 g/mol. The molecule has 0 radical (unpaired) electrons. The van der Waals surface area contributed by atoms with Crippen LogP contribution in [0.3, 0.4) is 0 Å². The maximum atomic E-state index is 12.5. The van der Waals surface area contributed by atoms with Crippen molar-refractivity contribution in [3.8, 4) is 0 Å². The van der Waals surface area contributed by atoms with E-state index in [9.17, 15) is 14.4 Å². The van der Waals surface area contributed by atoms with Gasteiger partial charge in [-0.15, -0.1) is 0 Å².